The first-order valence-electron chi connectivity index (χ1n) is 9.39. The molecule has 1 aromatic carbocycles. The van der Waals surface area contributed by atoms with Gasteiger partial charge in [-0.2, -0.15) is 5.10 Å². The number of amides is 1. The van der Waals surface area contributed by atoms with Crippen LogP contribution in [0.3, 0.4) is 0 Å². The van der Waals surface area contributed by atoms with Crippen LogP contribution >= 0.6 is 0 Å². The topological polar surface area (TPSA) is 93.4 Å². The first kappa shape index (κ1) is 18.9. The molecule has 0 unspecified atom stereocenters. The van der Waals surface area contributed by atoms with Gasteiger partial charge in [0.1, 0.15) is 11.4 Å². The van der Waals surface area contributed by atoms with Gasteiger partial charge in [-0.3, -0.25) is 14.3 Å². The van der Waals surface area contributed by atoms with E-state index in [1.807, 2.05) is 28.9 Å². The maximum atomic E-state index is 12.5. The smallest absolute Gasteiger partial charge is 0.303 e. The van der Waals surface area contributed by atoms with E-state index < -0.39 is 5.97 Å². The second-order valence-corrected chi connectivity index (χ2v) is 6.77. The average Bonchev–Trinajstić information content (AvgIpc) is 3.35. The van der Waals surface area contributed by atoms with Gasteiger partial charge >= 0.3 is 5.97 Å². The summed E-state index contributed by atoms with van der Waals surface area (Å²) in [5, 5.41) is 15.9. The lowest BCUT2D eigenvalue weighted by Gasteiger charge is -2.14. The van der Waals surface area contributed by atoms with Crippen molar-refractivity contribution in [3.05, 3.63) is 47.8 Å². The van der Waals surface area contributed by atoms with Gasteiger partial charge < -0.3 is 15.2 Å². The monoisotopic (exact) mass is 371 g/mol. The van der Waals surface area contributed by atoms with Crippen LogP contribution in [0, 0.1) is 0 Å². The van der Waals surface area contributed by atoms with Gasteiger partial charge in [0.05, 0.1) is 12.6 Å². The van der Waals surface area contributed by atoms with E-state index in [4.69, 9.17) is 9.84 Å². The highest BCUT2D eigenvalue weighted by Gasteiger charge is 2.22. The molecule has 0 atom stereocenters. The van der Waals surface area contributed by atoms with Crippen LogP contribution in [0.15, 0.2) is 36.5 Å². The third-order valence-electron chi connectivity index (χ3n) is 4.75. The molecule has 0 saturated heterocycles. The van der Waals surface area contributed by atoms with Crippen molar-refractivity contribution in [2.45, 2.75) is 51.1 Å². The molecule has 1 aromatic heterocycles. The summed E-state index contributed by atoms with van der Waals surface area (Å²) in [6.45, 7) is 0.793. The van der Waals surface area contributed by atoms with Gasteiger partial charge in [-0.25, -0.2) is 0 Å². The summed E-state index contributed by atoms with van der Waals surface area (Å²) in [6.07, 6.45) is 6.80. The molecule has 144 valence electrons. The van der Waals surface area contributed by atoms with E-state index in [2.05, 4.69) is 10.4 Å². The summed E-state index contributed by atoms with van der Waals surface area (Å²) in [7, 11) is 0. The van der Waals surface area contributed by atoms with E-state index in [0.29, 0.717) is 37.1 Å². The van der Waals surface area contributed by atoms with Gasteiger partial charge in [0.15, 0.2) is 0 Å². The van der Waals surface area contributed by atoms with Crippen molar-refractivity contribution >= 4 is 11.9 Å². The van der Waals surface area contributed by atoms with Crippen molar-refractivity contribution in [1.82, 2.24) is 15.1 Å². The zero-order valence-corrected chi connectivity index (χ0v) is 15.3. The fourth-order valence-electron chi connectivity index (χ4n) is 3.32. The first-order chi connectivity index (χ1) is 13.1. The van der Waals surface area contributed by atoms with Crippen molar-refractivity contribution in [3.63, 3.8) is 0 Å². The molecule has 0 spiro atoms. The molecule has 7 nitrogen and oxygen atoms in total. The predicted octanol–water partition coefficient (Wildman–Crippen LogP) is 3.17. The molecule has 0 bridgehead atoms. The fourth-order valence-corrected chi connectivity index (χ4v) is 3.32. The number of rotatable bonds is 9. The SMILES string of the molecule is O=C(O)CCCOc1ccc(CNC(=O)c2ccnn2C2CCCC2)cc1. The Kier molecular flexibility index (Phi) is 6.46. The molecule has 7 heteroatoms. The Morgan fingerprint density at radius 3 is 2.63 bits per heavy atom. The fraction of sp³-hybridized carbons (Fsp3) is 0.450. The van der Waals surface area contributed by atoms with E-state index in [0.717, 1.165) is 18.4 Å². The molecule has 0 aliphatic heterocycles. The number of nitrogens with zero attached hydrogens (tertiary/aromatic N) is 2. The predicted molar refractivity (Wildman–Crippen MR) is 99.7 cm³/mol. The Morgan fingerprint density at radius 2 is 1.93 bits per heavy atom. The van der Waals surface area contributed by atoms with E-state index >= 15 is 0 Å². The van der Waals surface area contributed by atoms with Gasteiger partial charge in [-0.1, -0.05) is 25.0 Å². The van der Waals surface area contributed by atoms with Crippen LogP contribution in [0.2, 0.25) is 0 Å². The third kappa shape index (κ3) is 5.32. The molecule has 1 aliphatic carbocycles. The van der Waals surface area contributed by atoms with Crippen LogP contribution in [0.1, 0.15) is 60.6 Å². The molecule has 1 amide bonds. The molecule has 27 heavy (non-hydrogen) atoms. The molecule has 1 heterocycles. The largest absolute Gasteiger partial charge is 0.494 e. The van der Waals surface area contributed by atoms with Gasteiger partial charge in [-0.05, 0) is 43.0 Å². The number of hydrogen-bond acceptors (Lipinski definition) is 4. The minimum atomic E-state index is -0.820. The van der Waals surface area contributed by atoms with Crippen LogP contribution in [-0.4, -0.2) is 33.4 Å². The molecule has 1 saturated carbocycles. The molecule has 2 N–H and O–H groups in total. The summed E-state index contributed by atoms with van der Waals surface area (Å²) in [5.74, 6) is -0.248. The zero-order valence-electron chi connectivity index (χ0n) is 15.3. The Hall–Kier alpha value is -2.83. The lowest BCUT2D eigenvalue weighted by atomic mass is 10.2. The molecule has 0 radical (unpaired) electrons. The highest BCUT2D eigenvalue weighted by molar-refractivity contribution is 5.92. The van der Waals surface area contributed by atoms with Gasteiger partial charge in [0, 0.05) is 19.2 Å². The van der Waals surface area contributed by atoms with Gasteiger partial charge in [0.25, 0.3) is 5.91 Å². The first-order valence-corrected chi connectivity index (χ1v) is 9.39. The summed E-state index contributed by atoms with van der Waals surface area (Å²) in [6, 6.07) is 9.53. The molecule has 3 rings (SSSR count). The molecule has 1 aliphatic rings. The number of carbonyl (C=O) groups is 2. The van der Waals surface area contributed by atoms with E-state index in [1.165, 1.54) is 12.8 Å². The number of aliphatic carboxylic acids is 1. The summed E-state index contributed by atoms with van der Waals surface area (Å²) in [5.41, 5.74) is 1.58. The van der Waals surface area contributed by atoms with E-state index in [1.54, 1.807) is 12.3 Å². The number of hydrogen-bond donors (Lipinski definition) is 2. The number of ether oxygens (including phenoxy) is 1. The Bertz CT molecular complexity index is 764. The second-order valence-electron chi connectivity index (χ2n) is 6.77. The van der Waals surface area contributed by atoms with Crippen molar-refractivity contribution in [2.75, 3.05) is 6.61 Å². The van der Waals surface area contributed by atoms with Crippen molar-refractivity contribution in [3.8, 4) is 5.75 Å². The van der Waals surface area contributed by atoms with Crippen LogP contribution < -0.4 is 10.1 Å². The van der Waals surface area contributed by atoms with Crippen LogP contribution in [-0.2, 0) is 11.3 Å². The Balaban J connectivity index is 1.48. The van der Waals surface area contributed by atoms with Gasteiger partial charge in [0.2, 0.25) is 0 Å². The minimum Gasteiger partial charge on any atom is -0.494 e. The Labute approximate surface area is 158 Å². The summed E-state index contributed by atoms with van der Waals surface area (Å²) >= 11 is 0. The highest BCUT2D eigenvalue weighted by atomic mass is 16.5. The zero-order chi connectivity index (χ0) is 19.1. The molecular weight excluding hydrogens is 346 g/mol. The van der Waals surface area contributed by atoms with Gasteiger partial charge in [-0.15, -0.1) is 0 Å². The quantitative estimate of drug-likeness (QED) is 0.661. The summed E-state index contributed by atoms with van der Waals surface area (Å²) < 4.78 is 7.36. The summed E-state index contributed by atoms with van der Waals surface area (Å²) in [4.78, 5) is 23.0. The Morgan fingerprint density at radius 1 is 1.19 bits per heavy atom. The normalized spacial score (nSPS) is 14.2. The maximum Gasteiger partial charge on any atom is 0.303 e. The highest BCUT2D eigenvalue weighted by Crippen LogP contribution is 2.29. The number of benzene rings is 1. The third-order valence-corrected chi connectivity index (χ3v) is 4.75. The van der Waals surface area contributed by atoms with E-state index in [-0.39, 0.29) is 12.3 Å². The standard InChI is InChI=1S/C20H25N3O4/c24-19(25)6-3-13-27-17-9-7-15(8-10-17)14-21-20(26)18-11-12-22-23(18)16-4-1-2-5-16/h7-12,16H,1-6,13-14H2,(H,21,26)(H,24,25). The lowest BCUT2D eigenvalue weighted by Crippen LogP contribution is -2.26. The van der Waals surface area contributed by atoms with Crippen molar-refractivity contribution in [2.24, 2.45) is 0 Å². The average molecular weight is 371 g/mol. The number of nitrogens with one attached hydrogen (secondary N) is 1. The second kappa shape index (κ2) is 9.21. The van der Waals surface area contributed by atoms with Crippen molar-refractivity contribution < 1.29 is 19.4 Å². The molecular formula is C20H25N3O4. The van der Waals surface area contributed by atoms with Crippen LogP contribution in [0.25, 0.3) is 0 Å². The van der Waals surface area contributed by atoms with E-state index in [9.17, 15) is 9.59 Å². The number of carbonyl (C=O) groups excluding carboxylic acids is 1. The minimum absolute atomic E-state index is 0.0988. The molecule has 1 fully saturated rings. The molecule has 2 aromatic rings. The van der Waals surface area contributed by atoms with Crippen LogP contribution in [0.5, 0.6) is 5.75 Å². The van der Waals surface area contributed by atoms with Crippen molar-refractivity contribution in [1.29, 1.82) is 0 Å². The number of aromatic nitrogens is 2. The van der Waals surface area contributed by atoms with Crippen LogP contribution in [0.4, 0.5) is 0 Å². The number of carboxylic acids is 1. The maximum absolute atomic E-state index is 12.5. The lowest BCUT2D eigenvalue weighted by molar-refractivity contribution is -0.137. The number of carboxylic acid groups (broad SMARTS) is 1.